The van der Waals surface area contributed by atoms with Crippen LogP contribution in [0.25, 0.3) is 0 Å². The number of likely N-dealkylation sites (N-methyl/N-ethyl adjacent to an activating group) is 1. The van der Waals surface area contributed by atoms with Gasteiger partial charge in [-0.1, -0.05) is 20.4 Å². The number of ketones is 1. The van der Waals surface area contributed by atoms with Crippen molar-refractivity contribution in [2.45, 2.75) is 26.3 Å². The second-order valence-electron chi connectivity index (χ2n) is 2.92. The predicted octanol–water partition coefficient (Wildman–Crippen LogP) is 0.801. The van der Waals surface area contributed by atoms with Gasteiger partial charge in [0, 0.05) is 0 Å². The molecule has 0 rings (SSSR count). The summed E-state index contributed by atoms with van der Waals surface area (Å²) in [7, 11) is 0. The van der Waals surface area contributed by atoms with E-state index in [4.69, 9.17) is 5.73 Å². The van der Waals surface area contributed by atoms with E-state index in [0.717, 1.165) is 13.1 Å². The van der Waals surface area contributed by atoms with Crippen LogP contribution in [0.15, 0.2) is 12.7 Å². The molecule has 0 aliphatic carbocycles. The molecule has 0 aromatic rings. The Hall–Kier alpha value is -0.670. The monoisotopic (exact) mass is 184 g/mol. The molecule has 0 spiro atoms. The molecule has 0 heterocycles. The molecule has 0 bridgehead atoms. The first kappa shape index (κ1) is 12.3. The molecule has 0 fully saturated rings. The third kappa shape index (κ3) is 3.70. The SMILES string of the molecule is C=CC(=O)C(CCN)N(CC)CC. The van der Waals surface area contributed by atoms with Crippen molar-refractivity contribution in [1.82, 2.24) is 4.90 Å². The normalized spacial score (nSPS) is 12.9. The smallest absolute Gasteiger partial charge is 0.172 e. The van der Waals surface area contributed by atoms with Gasteiger partial charge in [0.05, 0.1) is 6.04 Å². The Labute approximate surface area is 80.6 Å². The van der Waals surface area contributed by atoms with E-state index in [9.17, 15) is 4.79 Å². The highest BCUT2D eigenvalue weighted by molar-refractivity contribution is 5.93. The van der Waals surface area contributed by atoms with E-state index in [-0.39, 0.29) is 11.8 Å². The Morgan fingerprint density at radius 2 is 2.08 bits per heavy atom. The maximum Gasteiger partial charge on any atom is 0.172 e. The van der Waals surface area contributed by atoms with Crippen LogP contribution in [0.5, 0.6) is 0 Å². The van der Waals surface area contributed by atoms with E-state index in [1.54, 1.807) is 0 Å². The van der Waals surface area contributed by atoms with Gasteiger partial charge in [-0.2, -0.15) is 0 Å². The maximum absolute atomic E-state index is 11.4. The third-order valence-corrected chi connectivity index (χ3v) is 2.22. The van der Waals surface area contributed by atoms with Gasteiger partial charge >= 0.3 is 0 Å². The molecule has 3 nitrogen and oxygen atoms in total. The van der Waals surface area contributed by atoms with Gasteiger partial charge in [0.1, 0.15) is 0 Å². The van der Waals surface area contributed by atoms with Crippen molar-refractivity contribution in [3.63, 3.8) is 0 Å². The summed E-state index contributed by atoms with van der Waals surface area (Å²) in [6, 6.07) is -0.0718. The van der Waals surface area contributed by atoms with Gasteiger partial charge < -0.3 is 5.73 Å². The molecule has 0 radical (unpaired) electrons. The van der Waals surface area contributed by atoms with Gasteiger partial charge in [0.25, 0.3) is 0 Å². The van der Waals surface area contributed by atoms with Gasteiger partial charge in [-0.05, 0) is 32.1 Å². The molecule has 0 saturated heterocycles. The quantitative estimate of drug-likeness (QED) is 0.595. The number of hydrogen-bond donors (Lipinski definition) is 1. The lowest BCUT2D eigenvalue weighted by atomic mass is 10.1. The van der Waals surface area contributed by atoms with E-state index >= 15 is 0 Å². The number of nitrogens with zero attached hydrogens (tertiary/aromatic N) is 1. The molecule has 1 unspecified atom stereocenters. The minimum atomic E-state index is -0.0718. The summed E-state index contributed by atoms with van der Waals surface area (Å²) in [5.74, 6) is 0.0779. The van der Waals surface area contributed by atoms with Gasteiger partial charge in [-0.15, -0.1) is 0 Å². The first-order valence-electron chi connectivity index (χ1n) is 4.81. The Kier molecular flexibility index (Phi) is 6.45. The fourth-order valence-electron chi connectivity index (χ4n) is 1.46. The van der Waals surface area contributed by atoms with Crippen molar-refractivity contribution in [1.29, 1.82) is 0 Å². The maximum atomic E-state index is 11.4. The summed E-state index contributed by atoms with van der Waals surface area (Å²) in [6.07, 6.45) is 2.10. The van der Waals surface area contributed by atoms with Crippen LogP contribution < -0.4 is 5.73 Å². The van der Waals surface area contributed by atoms with Crippen molar-refractivity contribution in [2.24, 2.45) is 5.73 Å². The van der Waals surface area contributed by atoms with Crippen molar-refractivity contribution < 1.29 is 4.79 Å². The van der Waals surface area contributed by atoms with Gasteiger partial charge in [-0.3, -0.25) is 9.69 Å². The molecule has 0 aromatic heterocycles. The molecular formula is C10H20N2O. The molecule has 2 N–H and O–H groups in total. The van der Waals surface area contributed by atoms with Crippen LogP contribution in [0.1, 0.15) is 20.3 Å². The summed E-state index contributed by atoms with van der Waals surface area (Å²) in [4.78, 5) is 13.6. The van der Waals surface area contributed by atoms with Crippen LogP contribution >= 0.6 is 0 Å². The highest BCUT2D eigenvalue weighted by Crippen LogP contribution is 2.05. The van der Waals surface area contributed by atoms with Gasteiger partial charge in [-0.25, -0.2) is 0 Å². The fraction of sp³-hybridized carbons (Fsp3) is 0.700. The Morgan fingerprint density at radius 1 is 1.54 bits per heavy atom. The number of hydrogen-bond acceptors (Lipinski definition) is 3. The van der Waals surface area contributed by atoms with Crippen LogP contribution in [0.4, 0.5) is 0 Å². The summed E-state index contributed by atoms with van der Waals surface area (Å²) in [6.45, 7) is 9.88. The number of nitrogens with two attached hydrogens (primary N) is 1. The predicted molar refractivity (Wildman–Crippen MR) is 55.6 cm³/mol. The standard InChI is InChI=1S/C10H20N2O/c1-4-10(13)9(7-8-11)12(5-2)6-3/h4,9H,1,5-8,11H2,2-3H3. The number of carbonyl (C=O) groups is 1. The summed E-state index contributed by atoms with van der Waals surface area (Å²) < 4.78 is 0. The minimum Gasteiger partial charge on any atom is -0.330 e. The highest BCUT2D eigenvalue weighted by atomic mass is 16.1. The molecule has 0 aromatic carbocycles. The second kappa shape index (κ2) is 6.80. The van der Waals surface area contributed by atoms with Crippen molar-refractivity contribution in [3.05, 3.63) is 12.7 Å². The van der Waals surface area contributed by atoms with E-state index in [0.29, 0.717) is 13.0 Å². The summed E-state index contributed by atoms with van der Waals surface area (Å²) in [5, 5.41) is 0. The topological polar surface area (TPSA) is 46.3 Å². The lowest BCUT2D eigenvalue weighted by molar-refractivity contribution is -0.119. The van der Waals surface area contributed by atoms with Crippen molar-refractivity contribution >= 4 is 5.78 Å². The average molecular weight is 184 g/mol. The second-order valence-corrected chi connectivity index (χ2v) is 2.92. The number of rotatable bonds is 7. The van der Waals surface area contributed by atoms with Crippen LogP contribution in [-0.4, -0.2) is 36.4 Å². The number of carbonyl (C=O) groups excluding carboxylic acids is 1. The lowest BCUT2D eigenvalue weighted by Gasteiger charge is -2.27. The van der Waals surface area contributed by atoms with Gasteiger partial charge in [0.2, 0.25) is 0 Å². The molecule has 76 valence electrons. The van der Waals surface area contributed by atoms with Crippen molar-refractivity contribution in [2.75, 3.05) is 19.6 Å². The Balaban J connectivity index is 4.36. The van der Waals surface area contributed by atoms with E-state index in [1.165, 1.54) is 6.08 Å². The van der Waals surface area contributed by atoms with Crippen LogP contribution in [0.2, 0.25) is 0 Å². The molecule has 0 aliphatic heterocycles. The fourth-order valence-corrected chi connectivity index (χ4v) is 1.46. The molecule has 0 aliphatic rings. The largest absolute Gasteiger partial charge is 0.330 e. The van der Waals surface area contributed by atoms with E-state index in [1.807, 2.05) is 13.8 Å². The zero-order valence-corrected chi connectivity index (χ0v) is 8.62. The van der Waals surface area contributed by atoms with Gasteiger partial charge in [0.15, 0.2) is 5.78 Å². The lowest BCUT2D eigenvalue weighted by Crippen LogP contribution is -2.41. The molecule has 3 heteroatoms. The van der Waals surface area contributed by atoms with Crippen LogP contribution in [0, 0.1) is 0 Å². The first-order chi connectivity index (χ1) is 6.21. The molecule has 0 amide bonds. The minimum absolute atomic E-state index is 0.0718. The molecule has 13 heavy (non-hydrogen) atoms. The Bertz CT molecular complexity index is 164. The molecular weight excluding hydrogens is 164 g/mol. The van der Waals surface area contributed by atoms with Crippen LogP contribution in [-0.2, 0) is 4.79 Å². The third-order valence-electron chi connectivity index (χ3n) is 2.22. The van der Waals surface area contributed by atoms with Crippen LogP contribution in [0.3, 0.4) is 0 Å². The van der Waals surface area contributed by atoms with E-state index < -0.39 is 0 Å². The summed E-state index contributed by atoms with van der Waals surface area (Å²) in [5.41, 5.74) is 5.46. The highest BCUT2D eigenvalue weighted by Gasteiger charge is 2.19. The molecule has 1 atom stereocenters. The zero-order valence-electron chi connectivity index (χ0n) is 8.62. The first-order valence-corrected chi connectivity index (χ1v) is 4.81. The average Bonchev–Trinajstić information content (AvgIpc) is 2.17. The van der Waals surface area contributed by atoms with Crippen molar-refractivity contribution in [3.8, 4) is 0 Å². The molecule has 0 saturated carbocycles. The van der Waals surface area contributed by atoms with E-state index in [2.05, 4.69) is 11.5 Å². The zero-order chi connectivity index (χ0) is 10.3. The summed E-state index contributed by atoms with van der Waals surface area (Å²) >= 11 is 0. The Morgan fingerprint density at radius 3 is 2.38 bits per heavy atom.